The SMILES string of the molecule is CCC(C(=O)NCCN1CCN(CCNC(=O)C(CC)c2ccccc2)CC1)c1ccccc1. The topological polar surface area (TPSA) is 64.7 Å². The fraction of sp³-hybridized carbons (Fsp3) is 0.500. The Bertz CT molecular complexity index is 793. The van der Waals surface area contributed by atoms with Crippen molar-refractivity contribution in [3.8, 4) is 0 Å². The Morgan fingerprint density at radius 1 is 0.676 bits per heavy atom. The summed E-state index contributed by atoms with van der Waals surface area (Å²) in [4.78, 5) is 30.1. The lowest BCUT2D eigenvalue weighted by Gasteiger charge is -2.34. The lowest BCUT2D eigenvalue weighted by Crippen LogP contribution is -2.50. The largest absolute Gasteiger partial charge is 0.354 e. The molecule has 1 heterocycles. The number of benzene rings is 2. The van der Waals surface area contributed by atoms with Crippen molar-refractivity contribution in [2.45, 2.75) is 38.5 Å². The third-order valence-electron chi connectivity index (χ3n) is 6.77. The van der Waals surface area contributed by atoms with E-state index in [-0.39, 0.29) is 23.7 Å². The third kappa shape index (κ3) is 7.67. The van der Waals surface area contributed by atoms with Gasteiger partial charge in [-0.05, 0) is 24.0 Å². The zero-order chi connectivity index (χ0) is 24.2. The van der Waals surface area contributed by atoms with Crippen molar-refractivity contribution in [2.24, 2.45) is 0 Å². The highest BCUT2D eigenvalue weighted by Gasteiger charge is 2.21. The average molecular weight is 465 g/mol. The predicted molar refractivity (Wildman–Crippen MR) is 138 cm³/mol. The van der Waals surface area contributed by atoms with Crippen molar-refractivity contribution < 1.29 is 9.59 Å². The van der Waals surface area contributed by atoms with Crippen LogP contribution in [0.4, 0.5) is 0 Å². The van der Waals surface area contributed by atoms with Crippen LogP contribution in [0.15, 0.2) is 60.7 Å². The number of nitrogens with zero attached hydrogens (tertiary/aromatic N) is 2. The molecule has 1 aliphatic heterocycles. The lowest BCUT2D eigenvalue weighted by molar-refractivity contribution is -0.123. The van der Waals surface area contributed by atoms with Gasteiger partial charge in [-0.1, -0.05) is 74.5 Å². The van der Waals surface area contributed by atoms with E-state index in [1.807, 2.05) is 60.7 Å². The summed E-state index contributed by atoms with van der Waals surface area (Å²) in [5.41, 5.74) is 2.16. The fourth-order valence-electron chi connectivity index (χ4n) is 4.67. The molecule has 184 valence electrons. The molecule has 2 unspecified atom stereocenters. The van der Waals surface area contributed by atoms with E-state index in [4.69, 9.17) is 0 Å². The van der Waals surface area contributed by atoms with Gasteiger partial charge in [0.1, 0.15) is 0 Å². The monoisotopic (exact) mass is 464 g/mol. The molecule has 3 rings (SSSR count). The maximum absolute atomic E-state index is 12.6. The number of hydrogen-bond acceptors (Lipinski definition) is 4. The summed E-state index contributed by atoms with van der Waals surface area (Å²) in [6, 6.07) is 20.0. The molecule has 2 aromatic carbocycles. The highest BCUT2D eigenvalue weighted by atomic mass is 16.2. The van der Waals surface area contributed by atoms with E-state index in [0.717, 1.165) is 63.2 Å². The van der Waals surface area contributed by atoms with Gasteiger partial charge in [-0.25, -0.2) is 0 Å². The molecule has 6 nitrogen and oxygen atoms in total. The first-order valence-electron chi connectivity index (χ1n) is 12.7. The molecule has 2 N–H and O–H groups in total. The smallest absolute Gasteiger partial charge is 0.227 e. The minimum atomic E-state index is -0.0811. The van der Waals surface area contributed by atoms with Crippen LogP contribution >= 0.6 is 0 Å². The van der Waals surface area contributed by atoms with Crippen LogP contribution in [0, 0.1) is 0 Å². The maximum Gasteiger partial charge on any atom is 0.227 e. The molecule has 0 saturated carbocycles. The van der Waals surface area contributed by atoms with Crippen LogP contribution in [0.25, 0.3) is 0 Å². The zero-order valence-corrected chi connectivity index (χ0v) is 20.7. The summed E-state index contributed by atoms with van der Waals surface area (Å²) in [7, 11) is 0. The van der Waals surface area contributed by atoms with Crippen molar-refractivity contribution in [2.75, 3.05) is 52.4 Å². The van der Waals surface area contributed by atoms with Gasteiger partial charge in [-0.3, -0.25) is 19.4 Å². The van der Waals surface area contributed by atoms with E-state index in [9.17, 15) is 9.59 Å². The van der Waals surface area contributed by atoms with Gasteiger partial charge in [0.05, 0.1) is 11.8 Å². The van der Waals surface area contributed by atoms with Crippen LogP contribution < -0.4 is 10.6 Å². The first-order chi connectivity index (χ1) is 16.6. The molecule has 1 fully saturated rings. The predicted octanol–water partition coefficient (Wildman–Crippen LogP) is 3.22. The lowest BCUT2D eigenvalue weighted by atomic mass is 9.96. The number of carbonyl (C=O) groups excluding carboxylic acids is 2. The minimum absolute atomic E-state index is 0.0811. The van der Waals surface area contributed by atoms with Crippen LogP contribution in [0.3, 0.4) is 0 Å². The first kappa shape index (κ1) is 25.9. The maximum atomic E-state index is 12.6. The molecular weight excluding hydrogens is 424 g/mol. The van der Waals surface area contributed by atoms with Crippen molar-refractivity contribution in [3.05, 3.63) is 71.8 Å². The molecule has 0 radical (unpaired) electrons. The van der Waals surface area contributed by atoms with Gasteiger partial charge >= 0.3 is 0 Å². The number of piperazine rings is 1. The fourth-order valence-corrected chi connectivity index (χ4v) is 4.67. The second-order valence-electron chi connectivity index (χ2n) is 9.01. The zero-order valence-electron chi connectivity index (χ0n) is 20.7. The minimum Gasteiger partial charge on any atom is -0.354 e. The molecule has 0 aliphatic carbocycles. The highest BCUT2D eigenvalue weighted by Crippen LogP contribution is 2.20. The van der Waals surface area contributed by atoms with E-state index in [1.165, 1.54) is 0 Å². The summed E-state index contributed by atoms with van der Waals surface area (Å²) in [6.07, 6.45) is 1.60. The summed E-state index contributed by atoms with van der Waals surface area (Å²) < 4.78 is 0. The molecule has 2 atom stereocenters. The summed E-state index contributed by atoms with van der Waals surface area (Å²) in [5, 5.41) is 6.25. The van der Waals surface area contributed by atoms with Gasteiger partial charge in [-0.2, -0.15) is 0 Å². The van der Waals surface area contributed by atoms with E-state index >= 15 is 0 Å². The Balaban J connectivity index is 1.31. The Morgan fingerprint density at radius 2 is 1.03 bits per heavy atom. The van der Waals surface area contributed by atoms with Crippen LogP contribution in [0.5, 0.6) is 0 Å². The quantitative estimate of drug-likeness (QED) is 0.506. The van der Waals surface area contributed by atoms with E-state index in [1.54, 1.807) is 0 Å². The van der Waals surface area contributed by atoms with Gasteiger partial charge in [0.15, 0.2) is 0 Å². The van der Waals surface area contributed by atoms with E-state index in [2.05, 4.69) is 34.3 Å². The van der Waals surface area contributed by atoms with Crippen molar-refractivity contribution >= 4 is 11.8 Å². The second kappa shape index (κ2) is 13.9. The average Bonchev–Trinajstić information content (AvgIpc) is 2.87. The van der Waals surface area contributed by atoms with Gasteiger partial charge in [0.25, 0.3) is 0 Å². The molecule has 6 heteroatoms. The van der Waals surface area contributed by atoms with Gasteiger partial charge in [0.2, 0.25) is 11.8 Å². The summed E-state index contributed by atoms with van der Waals surface area (Å²) >= 11 is 0. The normalized spacial score (nSPS) is 16.5. The van der Waals surface area contributed by atoms with Crippen LogP contribution in [-0.2, 0) is 9.59 Å². The molecular formula is C28H40N4O2. The third-order valence-corrected chi connectivity index (χ3v) is 6.77. The molecule has 34 heavy (non-hydrogen) atoms. The Hall–Kier alpha value is -2.70. The Kier molecular flexibility index (Phi) is 10.6. The van der Waals surface area contributed by atoms with E-state index < -0.39 is 0 Å². The molecule has 0 aromatic heterocycles. The van der Waals surface area contributed by atoms with Crippen molar-refractivity contribution in [1.29, 1.82) is 0 Å². The van der Waals surface area contributed by atoms with Crippen LogP contribution in [-0.4, -0.2) is 74.0 Å². The molecule has 0 spiro atoms. The second-order valence-corrected chi connectivity index (χ2v) is 9.01. The number of nitrogens with one attached hydrogen (secondary N) is 2. The molecule has 2 aromatic rings. The first-order valence-corrected chi connectivity index (χ1v) is 12.7. The number of rotatable bonds is 12. The number of hydrogen-bond donors (Lipinski definition) is 2. The van der Waals surface area contributed by atoms with Crippen molar-refractivity contribution in [1.82, 2.24) is 20.4 Å². The van der Waals surface area contributed by atoms with Gasteiger partial charge in [0, 0.05) is 52.4 Å². The molecule has 1 saturated heterocycles. The number of amides is 2. The van der Waals surface area contributed by atoms with Crippen molar-refractivity contribution in [3.63, 3.8) is 0 Å². The van der Waals surface area contributed by atoms with Crippen LogP contribution in [0.2, 0.25) is 0 Å². The Morgan fingerprint density at radius 3 is 1.35 bits per heavy atom. The van der Waals surface area contributed by atoms with Crippen LogP contribution in [0.1, 0.15) is 49.7 Å². The summed E-state index contributed by atoms with van der Waals surface area (Å²) in [6.45, 7) is 11.2. The summed E-state index contributed by atoms with van der Waals surface area (Å²) in [5.74, 6) is 0.0674. The molecule has 2 amide bonds. The van der Waals surface area contributed by atoms with Gasteiger partial charge < -0.3 is 10.6 Å². The molecule has 0 bridgehead atoms. The highest BCUT2D eigenvalue weighted by molar-refractivity contribution is 5.84. The van der Waals surface area contributed by atoms with E-state index in [0.29, 0.717) is 13.1 Å². The van der Waals surface area contributed by atoms with Gasteiger partial charge in [-0.15, -0.1) is 0 Å². The number of carbonyl (C=O) groups is 2. The Labute approximate surface area is 204 Å². The molecule has 1 aliphatic rings. The standard InChI is InChI=1S/C28H40N4O2/c1-3-25(23-11-7-5-8-12-23)27(33)29-15-17-31-19-21-32(22-20-31)18-16-30-28(34)26(4-2)24-13-9-6-10-14-24/h5-14,25-26H,3-4,15-22H2,1-2H3,(H,29,33)(H,30,34).